The second kappa shape index (κ2) is 8.54. The van der Waals surface area contributed by atoms with Crippen LogP contribution in [0.1, 0.15) is 25.3 Å². The minimum Gasteiger partial charge on any atom is -0.332 e. The van der Waals surface area contributed by atoms with E-state index in [2.05, 4.69) is 46.2 Å². The quantitative estimate of drug-likeness (QED) is 0.539. The highest BCUT2D eigenvalue weighted by Gasteiger charge is 2.07. The molecule has 5 nitrogen and oxygen atoms in total. The number of hydrogen-bond acceptors (Lipinski definition) is 5. The predicted molar refractivity (Wildman–Crippen MR) is 114 cm³/mol. The molecule has 3 rings (SSSR count). The molecule has 0 aliphatic rings. The van der Waals surface area contributed by atoms with Gasteiger partial charge in [-0.05, 0) is 42.7 Å². The molecule has 0 saturated heterocycles. The molecular weight excluding hydrogens is 378 g/mol. The second-order valence-electron chi connectivity index (χ2n) is 6.41. The molecule has 1 aromatic heterocycles. The molecule has 0 fully saturated rings. The molecule has 0 radical (unpaired) electrons. The van der Waals surface area contributed by atoms with Gasteiger partial charge in [0, 0.05) is 22.3 Å². The molecule has 0 atom stereocenters. The van der Waals surface area contributed by atoms with Crippen LogP contribution in [0.4, 0.5) is 16.5 Å². The lowest BCUT2D eigenvalue weighted by atomic mass is 10.1. The summed E-state index contributed by atoms with van der Waals surface area (Å²) in [6, 6.07) is 15.6. The maximum atomic E-state index is 11.3. The molecule has 0 amide bonds. The summed E-state index contributed by atoms with van der Waals surface area (Å²) in [6.45, 7) is 2.20. The van der Waals surface area contributed by atoms with Gasteiger partial charge in [0.1, 0.15) is 0 Å². The average molecular weight is 402 g/mol. The Kier molecular flexibility index (Phi) is 6.13. The summed E-state index contributed by atoms with van der Waals surface area (Å²) >= 11 is 1.54. The van der Waals surface area contributed by atoms with Gasteiger partial charge in [-0.3, -0.25) is 4.72 Å². The van der Waals surface area contributed by atoms with E-state index in [1.807, 2.05) is 17.5 Å². The number of thiazole rings is 1. The smallest absolute Gasteiger partial charge is 0.229 e. The standard InChI is InChI=1S/C20H23N3O2S2/c1-3-4-5-15-6-10-17(11-7-15)21-20-22-19(14-26-20)16-8-12-18(13-9-16)23-27(2,24)25/h6-14,23H,3-5H2,1-2H3,(H,21,22). The number of benzene rings is 2. The fourth-order valence-corrected chi connectivity index (χ4v) is 3.95. The van der Waals surface area contributed by atoms with Gasteiger partial charge in [-0.2, -0.15) is 0 Å². The molecule has 0 unspecified atom stereocenters. The Balaban J connectivity index is 1.66. The van der Waals surface area contributed by atoms with Crippen molar-refractivity contribution in [2.45, 2.75) is 26.2 Å². The van der Waals surface area contributed by atoms with Crippen molar-refractivity contribution < 1.29 is 8.42 Å². The van der Waals surface area contributed by atoms with Crippen LogP contribution in [0.5, 0.6) is 0 Å². The van der Waals surface area contributed by atoms with E-state index in [0.717, 1.165) is 34.8 Å². The third-order valence-electron chi connectivity index (χ3n) is 4.01. The first kappa shape index (κ1) is 19.4. The number of hydrogen-bond donors (Lipinski definition) is 2. The highest BCUT2D eigenvalue weighted by molar-refractivity contribution is 7.92. The lowest BCUT2D eigenvalue weighted by molar-refractivity contribution is 0.607. The SMILES string of the molecule is CCCCc1ccc(Nc2nc(-c3ccc(NS(C)(=O)=O)cc3)cs2)cc1. The molecule has 2 N–H and O–H groups in total. The van der Waals surface area contributed by atoms with Gasteiger partial charge >= 0.3 is 0 Å². The molecular formula is C20H23N3O2S2. The normalized spacial score (nSPS) is 11.3. The first-order valence-electron chi connectivity index (χ1n) is 8.82. The number of aryl methyl sites for hydroxylation is 1. The first-order chi connectivity index (χ1) is 12.9. The molecule has 7 heteroatoms. The summed E-state index contributed by atoms with van der Waals surface area (Å²) in [5, 5.41) is 6.14. The van der Waals surface area contributed by atoms with Gasteiger partial charge in [-0.25, -0.2) is 13.4 Å². The Morgan fingerprint density at radius 2 is 1.67 bits per heavy atom. The van der Waals surface area contributed by atoms with Crippen LogP contribution in [0.15, 0.2) is 53.9 Å². The van der Waals surface area contributed by atoms with Crippen LogP contribution in [-0.4, -0.2) is 19.7 Å². The Labute approximate surface area is 164 Å². The number of unbranched alkanes of at least 4 members (excludes halogenated alkanes) is 1. The maximum absolute atomic E-state index is 11.3. The van der Waals surface area contributed by atoms with Gasteiger partial charge in [0.25, 0.3) is 0 Å². The van der Waals surface area contributed by atoms with E-state index in [-0.39, 0.29) is 0 Å². The Morgan fingerprint density at radius 3 is 2.30 bits per heavy atom. The van der Waals surface area contributed by atoms with Gasteiger partial charge in [0.15, 0.2) is 5.13 Å². The van der Waals surface area contributed by atoms with Gasteiger partial charge in [0.2, 0.25) is 10.0 Å². The van der Waals surface area contributed by atoms with Crippen molar-refractivity contribution in [3.8, 4) is 11.3 Å². The minimum absolute atomic E-state index is 0.540. The van der Waals surface area contributed by atoms with E-state index < -0.39 is 10.0 Å². The monoisotopic (exact) mass is 401 g/mol. The number of anilines is 3. The van der Waals surface area contributed by atoms with Crippen LogP contribution in [0.3, 0.4) is 0 Å². The molecule has 1 heterocycles. The molecule has 142 valence electrons. The van der Waals surface area contributed by atoms with Crippen molar-refractivity contribution in [2.75, 3.05) is 16.3 Å². The number of aromatic nitrogens is 1. The number of rotatable bonds is 8. The highest BCUT2D eigenvalue weighted by atomic mass is 32.2. The average Bonchev–Trinajstić information content (AvgIpc) is 3.09. The third kappa shape index (κ3) is 5.80. The predicted octanol–water partition coefficient (Wildman–Crippen LogP) is 5.27. The zero-order valence-corrected chi connectivity index (χ0v) is 17.0. The van der Waals surface area contributed by atoms with Crippen LogP contribution in [0, 0.1) is 0 Å². The molecule has 0 aliphatic heterocycles. The summed E-state index contributed by atoms with van der Waals surface area (Å²) in [6.07, 6.45) is 4.66. The Hall–Kier alpha value is -2.38. The molecule has 0 aliphatic carbocycles. The van der Waals surface area contributed by atoms with E-state index in [1.165, 1.54) is 29.7 Å². The molecule has 2 aromatic carbocycles. The topological polar surface area (TPSA) is 71.1 Å². The highest BCUT2D eigenvalue weighted by Crippen LogP contribution is 2.28. The van der Waals surface area contributed by atoms with Crippen molar-refractivity contribution in [1.82, 2.24) is 4.98 Å². The fraction of sp³-hybridized carbons (Fsp3) is 0.250. The van der Waals surface area contributed by atoms with Crippen LogP contribution in [0.25, 0.3) is 11.3 Å². The van der Waals surface area contributed by atoms with Gasteiger partial charge < -0.3 is 5.32 Å². The summed E-state index contributed by atoms with van der Waals surface area (Å²) in [5.74, 6) is 0. The first-order valence-corrected chi connectivity index (χ1v) is 11.6. The lowest BCUT2D eigenvalue weighted by Crippen LogP contribution is -2.09. The van der Waals surface area contributed by atoms with Crippen molar-refractivity contribution >= 4 is 37.9 Å². The van der Waals surface area contributed by atoms with Crippen molar-refractivity contribution in [3.63, 3.8) is 0 Å². The number of nitrogens with one attached hydrogen (secondary N) is 2. The zero-order valence-electron chi connectivity index (χ0n) is 15.4. The molecule has 0 bridgehead atoms. The van der Waals surface area contributed by atoms with E-state index in [1.54, 1.807) is 12.1 Å². The van der Waals surface area contributed by atoms with Crippen LogP contribution < -0.4 is 10.0 Å². The molecule has 0 saturated carbocycles. The summed E-state index contributed by atoms with van der Waals surface area (Å²) < 4.78 is 25.0. The Bertz CT molecular complexity index is 979. The van der Waals surface area contributed by atoms with E-state index in [4.69, 9.17) is 0 Å². The van der Waals surface area contributed by atoms with Crippen LogP contribution >= 0.6 is 11.3 Å². The van der Waals surface area contributed by atoms with E-state index in [9.17, 15) is 8.42 Å². The minimum atomic E-state index is -3.27. The third-order valence-corrected chi connectivity index (χ3v) is 5.38. The van der Waals surface area contributed by atoms with Gasteiger partial charge in [0.05, 0.1) is 11.9 Å². The largest absolute Gasteiger partial charge is 0.332 e. The van der Waals surface area contributed by atoms with Gasteiger partial charge in [-0.1, -0.05) is 37.6 Å². The Morgan fingerprint density at radius 1 is 1.00 bits per heavy atom. The lowest BCUT2D eigenvalue weighted by Gasteiger charge is -2.05. The molecule has 3 aromatic rings. The summed E-state index contributed by atoms with van der Waals surface area (Å²) in [7, 11) is -3.27. The number of sulfonamides is 1. The fourth-order valence-electron chi connectivity index (χ4n) is 2.65. The summed E-state index contributed by atoms with van der Waals surface area (Å²) in [5.41, 5.74) is 4.70. The molecule has 0 spiro atoms. The number of nitrogens with zero attached hydrogens (tertiary/aromatic N) is 1. The van der Waals surface area contributed by atoms with Crippen LogP contribution in [0.2, 0.25) is 0 Å². The van der Waals surface area contributed by atoms with Crippen molar-refractivity contribution in [3.05, 3.63) is 59.5 Å². The van der Waals surface area contributed by atoms with Gasteiger partial charge in [-0.15, -0.1) is 11.3 Å². The molecule has 27 heavy (non-hydrogen) atoms. The van der Waals surface area contributed by atoms with E-state index in [0.29, 0.717) is 5.69 Å². The van der Waals surface area contributed by atoms with Crippen molar-refractivity contribution in [2.24, 2.45) is 0 Å². The second-order valence-corrected chi connectivity index (χ2v) is 9.02. The zero-order chi connectivity index (χ0) is 19.3. The maximum Gasteiger partial charge on any atom is 0.229 e. The van der Waals surface area contributed by atoms with Crippen molar-refractivity contribution in [1.29, 1.82) is 0 Å². The van der Waals surface area contributed by atoms with E-state index >= 15 is 0 Å². The van der Waals surface area contributed by atoms with Crippen LogP contribution in [-0.2, 0) is 16.4 Å². The summed E-state index contributed by atoms with van der Waals surface area (Å²) in [4.78, 5) is 4.62.